The molecule has 3 aliphatic rings. The zero-order valence-corrected chi connectivity index (χ0v) is 29.1. The van der Waals surface area contributed by atoms with Crippen LogP contribution >= 0.6 is 0 Å². The van der Waals surface area contributed by atoms with Gasteiger partial charge in [0.25, 0.3) is 0 Å². The Kier molecular flexibility index (Phi) is 18.5. The van der Waals surface area contributed by atoms with Crippen LogP contribution in [-0.4, -0.2) is 72.8 Å². The van der Waals surface area contributed by atoms with Crippen LogP contribution in [0.25, 0.3) is 0 Å². The summed E-state index contributed by atoms with van der Waals surface area (Å²) in [5.41, 5.74) is 0.0247. The molecule has 1 atom stereocenters. The lowest BCUT2D eigenvalue weighted by Gasteiger charge is -2.48. The summed E-state index contributed by atoms with van der Waals surface area (Å²) in [6.45, 7) is 17.6. The Balaban J connectivity index is 0.000000752. The fourth-order valence-electron chi connectivity index (χ4n) is 6.50. The van der Waals surface area contributed by atoms with Crippen LogP contribution in [0.15, 0.2) is 24.3 Å². The average molecular weight is 619 g/mol. The highest BCUT2D eigenvalue weighted by Crippen LogP contribution is 2.46. The Morgan fingerprint density at radius 3 is 1.89 bits per heavy atom. The molecule has 0 spiro atoms. The molecule has 1 aliphatic carbocycles. The third-order valence-corrected chi connectivity index (χ3v) is 8.79. The van der Waals surface area contributed by atoms with Gasteiger partial charge in [0.2, 0.25) is 18.2 Å². The monoisotopic (exact) mass is 618 g/mol. The summed E-state index contributed by atoms with van der Waals surface area (Å²) in [7, 11) is 2.19. The third-order valence-electron chi connectivity index (χ3n) is 8.79. The summed E-state index contributed by atoms with van der Waals surface area (Å²) in [5.74, 6) is -0.0367. The molecule has 0 aromatic heterocycles. The number of piperidine rings is 2. The number of rotatable bonds is 7. The summed E-state index contributed by atoms with van der Waals surface area (Å²) >= 11 is 0. The minimum atomic E-state index is -0.710. The van der Waals surface area contributed by atoms with Crippen LogP contribution in [0, 0.1) is 17.2 Å². The van der Waals surface area contributed by atoms with Crippen molar-refractivity contribution in [1.82, 2.24) is 20.4 Å². The molecule has 4 rings (SSSR count). The standard InChI is InChI=1S/C26H38FN3O3.C6H13N.2C2H6/c1-25(2,3)29-24(33)26(20-7-5-4-6-8-20)13-15-30(16-14-26)23(32)22(28-18-31)17-19-9-11-21(27)12-10-19;1-7-5-3-2-4-6-7;2*1-2/h9-12,18,20,22H,4-8,13-17H2,1-3H3,(H,28,31)(H,29,33);2-6H2,1H3;2*1-2H3/t22-;;;/m1.../s1. The quantitative estimate of drug-likeness (QED) is 0.332. The van der Waals surface area contributed by atoms with E-state index in [1.54, 1.807) is 17.0 Å². The Bertz CT molecular complexity index is 943. The van der Waals surface area contributed by atoms with E-state index in [9.17, 15) is 18.8 Å². The molecule has 44 heavy (non-hydrogen) atoms. The number of nitrogens with zero attached hydrogens (tertiary/aromatic N) is 2. The van der Waals surface area contributed by atoms with Crippen LogP contribution in [0.1, 0.15) is 118 Å². The van der Waals surface area contributed by atoms with Crippen molar-refractivity contribution in [3.8, 4) is 0 Å². The minimum Gasteiger partial charge on any atom is -0.351 e. The van der Waals surface area contributed by atoms with E-state index in [-0.39, 0.29) is 23.2 Å². The Morgan fingerprint density at radius 2 is 1.43 bits per heavy atom. The molecule has 0 bridgehead atoms. The molecule has 1 aromatic carbocycles. The predicted octanol–water partition coefficient (Wildman–Crippen LogP) is 6.74. The van der Waals surface area contributed by atoms with Crippen LogP contribution in [0.4, 0.5) is 4.39 Å². The van der Waals surface area contributed by atoms with Crippen LogP contribution in [0.5, 0.6) is 0 Å². The topological polar surface area (TPSA) is 81.8 Å². The molecule has 8 heteroatoms. The highest BCUT2D eigenvalue weighted by atomic mass is 19.1. The summed E-state index contributed by atoms with van der Waals surface area (Å²) in [6.07, 6.45) is 12.0. The smallest absolute Gasteiger partial charge is 0.245 e. The van der Waals surface area contributed by atoms with Crippen molar-refractivity contribution in [1.29, 1.82) is 0 Å². The van der Waals surface area contributed by atoms with E-state index >= 15 is 0 Å². The number of halogens is 1. The molecule has 252 valence electrons. The van der Waals surface area contributed by atoms with Crippen molar-refractivity contribution in [2.75, 3.05) is 33.2 Å². The normalized spacial score (nSPS) is 19.3. The van der Waals surface area contributed by atoms with Crippen molar-refractivity contribution < 1.29 is 18.8 Å². The number of amides is 3. The molecule has 2 N–H and O–H groups in total. The molecule has 7 nitrogen and oxygen atoms in total. The lowest BCUT2D eigenvalue weighted by atomic mass is 9.63. The first-order chi connectivity index (χ1) is 21.0. The third kappa shape index (κ3) is 12.9. The number of hydrogen-bond acceptors (Lipinski definition) is 4. The molecular weight excluding hydrogens is 555 g/mol. The number of carbonyl (C=O) groups is 3. The van der Waals surface area contributed by atoms with Gasteiger partial charge in [-0.3, -0.25) is 14.4 Å². The first-order valence-electron chi connectivity index (χ1n) is 17.3. The van der Waals surface area contributed by atoms with Gasteiger partial charge in [-0.15, -0.1) is 0 Å². The fraction of sp³-hybridized carbons (Fsp3) is 0.750. The molecule has 2 saturated heterocycles. The van der Waals surface area contributed by atoms with Crippen molar-refractivity contribution in [2.24, 2.45) is 11.3 Å². The number of carbonyl (C=O) groups excluding carboxylic acids is 3. The molecule has 3 amide bonds. The Morgan fingerprint density at radius 1 is 0.909 bits per heavy atom. The number of benzene rings is 1. The van der Waals surface area contributed by atoms with Crippen LogP contribution in [-0.2, 0) is 20.8 Å². The lowest BCUT2D eigenvalue weighted by molar-refractivity contribution is -0.147. The molecule has 2 aliphatic heterocycles. The molecule has 1 aromatic rings. The van der Waals surface area contributed by atoms with Gasteiger partial charge in [0, 0.05) is 25.0 Å². The van der Waals surface area contributed by atoms with Gasteiger partial charge in [-0.2, -0.15) is 0 Å². The Labute approximate surface area is 268 Å². The maximum atomic E-state index is 13.5. The van der Waals surface area contributed by atoms with Gasteiger partial charge >= 0.3 is 0 Å². The second kappa shape index (κ2) is 20.5. The summed E-state index contributed by atoms with van der Waals surface area (Å²) in [5, 5.41) is 5.86. The first-order valence-corrected chi connectivity index (χ1v) is 17.3. The number of likely N-dealkylation sites (tertiary alicyclic amines) is 2. The molecular formula is C36H63FN4O3. The fourth-order valence-corrected chi connectivity index (χ4v) is 6.50. The lowest BCUT2D eigenvalue weighted by Crippen LogP contribution is -2.58. The summed E-state index contributed by atoms with van der Waals surface area (Å²) in [6, 6.07) is 5.25. The van der Waals surface area contributed by atoms with Gasteiger partial charge in [-0.25, -0.2) is 4.39 Å². The van der Waals surface area contributed by atoms with E-state index in [0.717, 1.165) is 31.2 Å². The van der Waals surface area contributed by atoms with Gasteiger partial charge in [0.1, 0.15) is 11.9 Å². The van der Waals surface area contributed by atoms with E-state index < -0.39 is 11.5 Å². The predicted molar refractivity (Wildman–Crippen MR) is 180 cm³/mol. The highest BCUT2D eigenvalue weighted by Gasteiger charge is 2.49. The maximum absolute atomic E-state index is 13.5. The summed E-state index contributed by atoms with van der Waals surface area (Å²) in [4.78, 5) is 42.1. The molecule has 0 radical (unpaired) electrons. The van der Waals surface area contributed by atoms with Crippen LogP contribution < -0.4 is 10.6 Å². The first kappa shape index (κ1) is 39.5. The number of nitrogens with one attached hydrogen (secondary N) is 2. The van der Waals surface area contributed by atoms with Crippen molar-refractivity contribution >= 4 is 18.2 Å². The average Bonchev–Trinajstić information content (AvgIpc) is 3.04. The maximum Gasteiger partial charge on any atom is 0.245 e. The SMILES string of the molecule is CC.CC.CC(C)(C)NC(=O)C1(C2CCCCC2)CCN(C(=O)[C@@H](Cc2ccc(F)cc2)NC=O)CC1.CN1CCCCC1. The zero-order valence-electron chi connectivity index (χ0n) is 29.1. The van der Waals surface area contributed by atoms with Crippen molar-refractivity contribution in [3.05, 3.63) is 35.6 Å². The molecule has 3 fully saturated rings. The zero-order chi connectivity index (χ0) is 33.2. The second-order valence-corrected chi connectivity index (χ2v) is 13.1. The van der Waals surface area contributed by atoms with E-state index in [1.807, 2.05) is 48.5 Å². The molecule has 2 heterocycles. The van der Waals surface area contributed by atoms with Crippen molar-refractivity contribution in [2.45, 2.75) is 131 Å². The van der Waals surface area contributed by atoms with Crippen LogP contribution in [0.3, 0.4) is 0 Å². The van der Waals surface area contributed by atoms with Crippen LogP contribution in [0.2, 0.25) is 0 Å². The molecule has 0 unspecified atom stereocenters. The van der Waals surface area contributed by atoms with E-state index in [2.05, 4.69) is 22.6 Å². The number of hydrogen-bond donors (Lipinski definition) is 2. The van der Waals surface area contributed by atoms with E-state index in [0.29, 0.717) is 44.7 Å². The minimum absolute atomic E-state index is 0.114. The van der Waals surface area contributed by atoms with E-state index in [1.165, 1.54) is 50.9 Å². The molecule has 1 saturated carbocycles. The van der Waals surface area contributed by atoms with Gasteiger partial charge in [0.05, 0.1) is 5.41 Å². The van der Waals surface area contributed by atoms with E-state index in [4.69, 9.17) is 0 Å². The summed E-state index contributed by atoms with van der Waals surface area (Å²) < 4.78 is 13.2. The highest BCUT2D eigenvalue weighted by molar-refractivity contribution is 5.86. The second-order valence-electron chi connectivity index (χ2n) is 13.1. The van der Waals surface area contributed by atoms with Gasteiger partial charge in [0.15, 0.2) is 0 Å². The van der Waals surface area contributed by atoms with Gasteiger partial charge in [-0.1, -0.05) is 65.5 Å². The Hall–Kier alpha value is -2.48. The van der Waals surface area contributed by atoms with Crippen molar-refractivity contribution in [3.63, 3.8) is 0 Å². The largest absolute Gasteiger partial charge is 0.351 e. The van der Waals surface area contributed by atoms with Gasteiger partial charge in [-0.05, 0) is 103 Å². The van der Waals surface area contributed by atoms with Gasteiger partial charge < -0.3 is 20.4 Å².